The molecule has 0 aliphatic carbocycles. The van der Waals surface area contributed by atoms with E-state index in [9.17, 15) is 29.0 Å². The lowest BCUT2D eigenvalue weighted by molar-refractivity contribution is -0.212. The minimum Gasteiger partial charge on any atom is -0.480 e. The molecule has 292 valence electrons. The summed E-state index contributed by atoms with van der Waals surface area (Å²) in [5, 5.41) is 26.0. The maximum absolute atomic E-state index is 13.8. The Balaban J connectivity index is 1.09. The average molecular weight is 757 g/mol. The number of aromatic nitrogens is 1. The summed E-state index contributed by atoms with van der Waals surface area (Å²) in [6, 6.07) is 21.2. The van der Waals surface area contributed by atoms with E-state index in [1.807, 2.05) is 53.4 Å². The van der Waals surface area contributed by atoms with Crippen molar-refractivity contribution in [2.24, 2.45) is 11.8 Å². The van der Waals surface area contributed by atoms with E-state index in [1.54, 1.807) is 32.2 Å². The van der Waals surface area contributed by atoms with Crippen LogP contribution in [0.5, 0.6) is 0 Å². The summed E-state index contributed by atoms with van der Waals surface area (Å²) in [6.07, 6.45) is 6.07. The molecule has 4 aromatic rings. The Morgan fingerprint density at radius 1 is 1.02 bits per heavy atom. The predicted molar refractivity (Wildman–Crippen MR) is 203 cm³/mol. The normalized spacial score (nSPS) is 18.6. The van der Waals surface area contributed by atoms with Crippen molar-refractivity contribution in [2.75, 3.05) is 36.6 Å². The molecule has 2 saturated heterocycles. The number of carbonyl (C=O) groups is 3. The smallest absolute Gasteiger partial charge is 0.326 e. The minimum atomic E-state index is -1.09. The number of nitrogens with zero attached hydrogens (tertiary/aromatic N) is 2. The second kappa shape index (κ2) is 18.0. The topological polar surface area (TPSA) is 163 Å². The first kappa shape index (κ1) is 39.6. The van der Waals surface area contributed by atoms with Gasteiger partial charge in [0.1, 0.15) is 30.3 Å². The monoisotopic (exact) mass is 756 g/mol. The maximum Gasteiger partial charge on any atom is 0.326 e. The summed E-state index contributed by atoms with van der Waals surface area (Å²) < 4.78 is 30.2. The fraction of sp³-hybridized carbons (Fsp3) is 0.429. The van der Waals surface area contributed by atoms with Crippen molar-refractivity contribution in [3.63, 3.8) is 0 Å². The zero-order valence-electron chi connectivity index (χ0n) is 31.2. The van der Waals surface area contributed by atoms with Crippen LogP contribution in [0.25, 0.3) is 0 Å². The molecule has 0 saturated carbocycles. The first-order valence-corrected chi connectivity index (χ1v) is 18.8. The van der Waals surface area contributed by atoms with Gasteiger partial charge >= 0.3 is 5.97 Å². The van der Waals surface area contributed by atoms with Crippen molar-refractivity contribution in [3.05, 3.63) is 113 Å². The number of carboxylic acid groups (broad SMARTS) is 1. The molecule has 1 aromatic heterocycles. The van der Waals surface area contributed by atoms with Crippen molar-refractivity contribution in [2.45, 2.75) is 76.2 Å². The van der Waals surface area contributed by atoms with Gasteiger partial charge in [-0.15, -0.1) is 0 Å². The number of aliphatic hydroxyl groups is 1. The Hall–Kier alpha value is -5.11. The van der Waals surface area contributed by atoms with E-state index in [1.165, 1.54) is 18.4 Å². The number of aliphatic hydroxyl groups excluding tert-OH is 1. The third kappa shape index (κ3) is 9.96. The molecule has 0 spiro atoms. The molecular formula is C42H49FN4O8. The molecule has 55 heavy (non-hydrogen) atoms. The highest BCUT2D eigenvalue weighted by Gasteiger charge is 2.48. The van der Waals surface area contributed by atoms with Crippen LogP contribution in [0.2, 0.25) is 0 Å². The first-order valence-electron chi connectivity index (χ1n) is 18.8. The molecule has 3 heterocycles. The van der Waals surface area contributed by atoms with Gasteiger partial charge in [0, 0.05) is 12.2 Å². The standard InChI is InChI=1S/C42H49FN4O8/c1-27(2)37(40(51)52)46-36(49)24-55-42(25-53-26-42)20-19-29-5-9-31(10-6-29)38-34(17-18-35(48)30-11-13-32(43)14-12-30)39(50)47(38)33-15-7-28(8-16-33)4-3-21-44-41-45-22-23-54-41/h5-16,22-23,27,34-35,37-38,48H,3-4,17-21,24-26H2,1-2H3,(H,44,45)(H,46,49)(H,51,52)/t34-,35?,37?,38?/m1/s1. The van der Waals surface area contributed by atoms with Crippen LogP contribution in [0.1, 0.15) is 73.9 Å². The van der Waals surface area contributed by atoms with Gasteiger partial charge in [-0.1, -0.05) is 62.4 Å². The number of aliphatic carboxylic acids is 1. The van der Waals surface area contributed by atoms with Gasteiger partial charge in [-0.25, -0.2) is 14.2 Å². The van der Waals surface area contributed by atoms with E-state index in [2.05, 4.69) is 15.6 Å². The number of carboxylic acids is 1. The Morgan fingerprint density at radius 3 is 2.33 bits per heavy atom. The number of ether oxygens (including phenoxy) is 2. The van der Waals surface area contributed by atoms with Crippen LogP contribution in [0, 0.1) is 17.7 Å². The Kier molecular flexibility index (Phi) is 13.0. The summed E-state index contributed by atoms with van der Waals surface area (Å²) in [6.45, 7) is 4.59. The molecule has 2 aliphatic heterocycles. The molecule has 4 atom stereocenters. The number of hydrogen-bond acceptors (Lipinski definition) is 9. The van der Waals surface area contributed by atoms with Gasteiger partial charge < -0.3 is 39.6 Å². The molecular weight excluding hydrogens is 707 g/mol. The van der Waals surface area contributed by atoms with Crippen molar-refractivity contribution in [1.82, 2.24) is 10.3 Å². The number of benzene rings is 3. The van der Waals surface area contributed by atoms with Crippen LogP contribution in [0.15, 0.2) is 89.7 Å². The van der Waals surface area contributed by atoms with E-state index >= 15 is 0 Å². The number of rotatable bonds is 20. The zero-order valence-corrected chi connectivity index (χ0v) is 31.2. The molecule has 12 nitrogen and oxygen atoms in total. The highest BCUT2D eigenvalue weighted by molar-refractivity contribution is 6.03. The number of β-lactam (4-membered cyclic amide) rings is 1. The van der Waals surface area contributed by atoms with Crippen molar-refractivity contribution in [1.29, 1.82) is 0 Å². The summed E-state index contributed by atoms with van der Waals surface area (Å²) in [5.74, 6) is -2.58. The van der Waals surface area contributed by atoms with Gasteiger partial charge in [-0.05, 0) is 91.0 Å². The van der Waals surface area contributed by atoms with Crippen molar-refractivity contribution < 1.29 is 42.9 Å². The van der Waals surface area contributed by atoms with E-state index in [-0.39, 0.29) is 36.2 Å². The van der Waals surface area contributed by atoms with Crippen LogP contribution in [0.3, 0.4) is 0 Å². The largest absolute Gasteiger partial charge is 0.480 e. The molecule has 4 N–H and O–H groups in total. The SMILES string of the molecule is CC(C)C(NC(=O)COC1(CCc2ccc(C3[C@@H](CCC(O)c4ccc(F)cc4)C(=O)N3c3ccc(CCCNc4ncco4)cc3)cc2)COC1)C(=O)O. The van der Waals surface area contributed by atoms with Crippen LogP contribution in [-0.4, -0.2) is 71.0 Å². The van der Waals surface area contributed by atoms with Crippen LogP contribution >= 0.6 is 0 Å². The molecule has 2 amide bonds. The first-order chi connectivity index (χ1) is 26.5. The third-order valence-electron chi connectivity index (χ3n) is 10.5. The van der Waals surface area contributed by atoms with Gasteiger partial charge in [-0.3, -0.25) is 9.59 Å². The molecule has 6 rings (SSSR count). The third-order valence-corrected chi connectivity index (χ3v) is 10.5. The predicted octanol–water partition coefficient (Wildman–Crippen LogP) is 6.02. The van der Waals surface area contributed by atoms with E-state index < -0.39 is 29.6 Å². The summed E-state index contributed by atoms with van der Waals surface area (Å²) in [5.41, 5.74) is 3.93. The fourth-order valence-corrected chi connectivity index (χ4v) is 7.14. The second-order valence-corrected chi connectivity index (χ2v) is 14.8. The molecule has 0 bridgehead atoms. The number of anilines is 2. The average Bonchev–Trinajstić information content (AvgIpc) is 3.68. The number of halogens is 1. The van der Waals surface area contributed by atoms with E-state index in [0.29, 0.717) is 57.0 Å². The highest BCUT2D eigenvalue weighted by atomic mass is 19.1. The summed E-state index contributed by atoms with van der Waals surface area (Å²) in [4.78, 5) is 43.7. The van der Waals surface area contributed by atoms with Gasteiger partial charge in [0.25, 0.3) is 6.01 Å². The van der Waals surface area contributed by atoms with Gasteiger partial charge in [0.05, 0.1) is 37.5 Å². The molecule has 3 aromatic carbocycles. The number of aryl methyl sites for hydroxylation is 2. The number of oxazole rings is 1. The molecule has 3 unspecified atom stereocenters. The second-order valence-electron chi connectivity index (χ2n) is 14.8. The molecule has 2 aliphatic rings. The number of hydrogen-bond donors (Lipinski definition) is 4. The van der Waals surface area contributed by atoms with Crippen LogP contribution in [-0.2, 0) is 36.7 Å². The van der Waals surface area contributed by atoms with Gasteiger partial charge in [0.2, 0.25) is 11.8 Å². The lowest BCUT2D eigenvalue weighted by Gasteiger charge is -2.48. The Bertz CT molecular complexity index is 1860. The van der Waals surface area contributed by atoms with Gasteiger partial charge in [0.15, 0.2) is 0 Å². The summed E-state index contributed by atoms with van der Waals surface area (Å²) >= 11 is 0. The molecule has 2 fully saturated rings. The van der Waals surface area contributed by atoms with E-state index in [4.69, 9.17) is 13.9 Å². The Labute approximate surface area is 320 Å². The maximum atomic E-state index is 13.8. The zero-order chi connectivity index (χ0) is 39.0. The molecule has 13 heteroatoms. The van der Waals surface area contributed by atoms with Crippen LogP contribution in [0.4, 0.5) is 16.1 Å². The lowest BCUT2D eigenvalue weighted by Crippen LogP contribution is -2.55. The van der Waals surface area contributed by atoms with Crippen molar-refractivity contribution in [3.8, 4) is 0 Å². The van der Waals surface area contributed by atoms with Crippen molar-refractivity contribution >= 4 is 29.5 Å². The van der Waals surface area contributed by atoms with Crippen LogP contribution < -0.4 is 15.5 Å². The quantitative estimate of drug-likeness (QED) is 0.0620. The lowest BCUT2D eigenvalue weighted by atomic mass is 9.78. The minimum absolute atomic E-state index is 0.0144. The van der Waals surface area contributed by atoms with E-state index in [0.717, 1.165) is 35.2 Å². The number of carbonyl (C=O) groups excluding carboxylic acids is 2. The number of nitrogens with one attached hydrogen (secondary N) is 2. The Morgan fingerprint density at radius 2 is 1.71 bits per heavy atom. The van der Waals surface area contributed by atoms with Gasteiger partial charge in [-0.2, -0.15) is 0 Å². The number of amides is 2. The fourth-order valence-electron chi connectivity index (χ4n) is 7.14. The summed E-state index contributed by atoms with van der Waals surface area (Å²) in [7, 11) is 0. The highest BCUT2D eigenvalue weighted by Crippen LogP contribution is 2.46. The molecule has 0 radical (unpaired) electrons.